The summed E-state index contributed by atoms with van der Waals surface area (Å²) in [4.78, 5) is 23.0. The van der Waals surface area contributed by atoms with Gasteiger partial charge in [0, 0.05) is 12.0 Å². The van der Waals surface area contributed by atoms with Gasteiger partial charge in [-0.1, -0.05) is 11.6 Å². The predicted molar refractivity (Wildman–Crippen MR) is 77.6 cm³/mol. The Morgan fingerprint density at radius 3 is 2.43 bits per heavy atom. The lowest BCUT2D eigenvalue weighted by Crippen LogP contribution is -2.15. The Balaban J connectivity index is 2.83. The lowest BCUT2D eigenvalue weighted by molar-refractivity contribution is -0.147. The summed E-state index contributed by atoms with van der Waals surface area (Å²) in [7, 11) is -4.01. The summed E-state index contributed by atoms with van der Waals surface area (Å²) in [5.41, 5.74) is 0.126. The average molecular weight is 334 g/mol. The zero-order chi connectivity index (χ0) is 16.2. The second-order valence-corrected chi connectivity index (χ2v) is 6.59. The summed E-state index contributed by atoms with van der Waals surface area (Å²) in [5.74, 6) is -0.878. The van der Waals surface area contributed by atoms with Crippen molar-refractivity contribution in [1.29, 1.82) is 0 Å². The van der Waals surface area contributed by atoms with Gasteiger partial charge in [-0.15, -0.1) is 0 Å². The van der Waals surface area contributed by atoms with E-state index in [1.807, 2.05) is 0 Å². The van der Waals surface area contributed by atoms with Crippen LogP contribution in [0.5, 0.6) is 0 Å². The van der Waals surface area contributed by atoms with Crippen molar-refractivity contribution in [2.45, 2.75) is 37.7 Å². The number of sulfonamides is 1. The van der Waals surface area contributed by atoms with Crippen molar-refractivity contribution in [3.8, 4) is 0 Å². The average Bonchev–Trinajstić information content (AvgIpc) is 2.34. The molecule has 0 aliphatic carbocycles. The van der Waals surface area contributed by atoms with Crippen molar-refractivity contribution in [1.82, 2.24) is 0 Å². The Morgan fingerprint density at radius 2 is 1.90 bits per heavy atom. The van der Waals surface area contributed by atoms with E-state index in [-0.39, 0.29) is 34.4 Å². The summed E-state index contributed by atoms with van der Waals surface area (Å²) in [6, 6.07) is 3.77. The van der Waals surface area contributed by atoms with Crippen LogP contribution in [0.2, 0.25) is 5.02 Å². The van der Waals surface area contributed by atoms with Gasteiger partial charge in [-0.2, -0.15) is 0 Å². The Bertz CT molecular complexity index is 655. The van der Waals surface area contributed by atoms with Gasteiger partial charge in [0.2, 0.25) is 10.0 Å². The molecule has 0 bridgehead atoms. The van der Waals surface area contributed by atoms with Gasteiger partial charge in [0.05, 0.1) is 17.5 Å². The van der Waals surface area contributed by atoms with Crippen molar-refractivity contribution >= 4 is 33.4 Å². The zero-order valence-electron chi connectivity index (χ0n) is 11.6. The van der Waals surface area contributed by atoms with Crippen molar-refractivity contribution in [3.63, 3.8) is 0 Å². The molecule has 0 heterocycles. The minimum atomic E-state index is -4.01. The molecule has 21 heavy (non-hydrogen) atoms. The molecule has 0 aliphatic rings. The monoisotopic (exact) mass is 333 g/mol. The summed E-state index contributed by atoms with van der Waals surface area (Å²) >= 11 is 5.73. The van der Waals surface area contributed by atoms with E-state index in [1.165, 1.54) is 12.1 Å². The summed E-state index contributed by atoms with van der Waals surface area (Å²) < 4.78 is 27.6. The molecule has 0 aliphatic heterocycles. The van der Waals surface area contributed by atoms with E-state index >= 15 is 0 Å². The SMILES string of the molecule is CC(C)OC(=O)CCC(=O)c1ccc(Cl)c(S(N)(=O)=O)c1. The molecule has 2 N–H and O–H groups in total. The van der Waals surface area contributed by atoms with Gasteiger partial charge < -0.3 is 4.74 Å². The Labute approximate surface area is 128 Å². The predicted octanol–water partition coefficient (Wildman–Crippen LogP) is 1.90. The highest BCUT2D eigenvalue weighted by Gasteiger charge is 2.17. The number of esters is 1. The molecule has 6 nitrogen and oxygen atoms in total. The second kappa shape index (κ2) is 7.02. The van der Waals surface area contributed by atoms with Gasteiger partial charge in [-0.25, -0.2) is 13.6 Å². The number of hydrogen-bond acceptors (Lipinski definition) is 5. The van der Waals surface area contributed by atoms with Crippen molar-refractivity contribution in [2.75, 3.05) is 0 Å². The van der Waals surface area contributed by atoms with Gasteiger partial charge in [0.25, 0.3) is 0 Å². The summed E-state index contributed by atoms with van der Waals surface area (Å²) in [6.45, 7) is 3.41. The van der Waals surface area contributed by atoms with Gasteiger partial charge in [0.1, 0.15) is 4.90 Å². The molecule has 0 radical (unpaired) electrons. The maximum Gasteiger partial charge on any atom is 0.306 e. The maximum atomic E-state index is 11.9. The topological polar surface area (TPSA) is 104 Å². The summed E-state index contributed by atoms with van der Waals surface area (Å²) in [6.07, 6.45) is -0.418. The van der Waals surface area contributed by atoms with E-state index in [1.54, 1.807) is 13.8 Å². The molecule has 0 atom stereocenters. The lowest BCUT2D eigenvalue weighted by atomic mass is 10.1. The number of carbonyl (C=O) groups excluding carboxylic acids is 2. The fourth-order valence-corrected chi connectivity index (χ4v) is 2.65. The van der Waals surface area contributed by atoms with Crippen LogP contribution >= 0.6 is 11.6 Å². The standard InChI is InChI=1S/C13H16ClNO5S/c1-8(2)20-13(17)6-5-11(16)9-3-4-10(14)12(7-9)21(15,18)19/h3-4,7-8H,5-6H2,1-2H3,(H2,15,18,19). The molecular formula is C13H16ClNO5S. The second-order valence-electron chi connectivity index (χ2n) is 4.65. The summed E-state index contributed by atoms with van der Waals surface area (Å²) in [5, 5.41) is 4.94. The Kier molecular flexibility index (Phi) is 5.88. The Hall–Kier alpha value is -1.44. The molecule has 0 saturated heterocycles. The first-order valence-corrected chi connectivity index (χ1v) is 8.08. The van der Waals surface area contributed by atoms with Crippen LogP contribution in [0.15, 0.2) is 23.1 Å². The van der Waals surface area contributed by atoms with E-state index in [0.717, 1.165) is 6.07 Å². The molecular weight excluding hydrogens is 318 g/mol. The first-order valence-electron chi connectivity index (χ1n) is 6.16. The number of benzene rings is 1. The third-order valence-electron chi connectivity index (χ3n) is 2.48. The molecule has 8 heteroatoms. The minimum absolute atomic E-state index is 0.0618. The normalized spacial score (nSPS) is 11.5. The van der Waals surface area contributed by atoms with E-state index in [4.69, 9.17) is 21.5 Å². The molecule has 1 aromatic carbocycles. The smallest absolute Gasteiger partial charge is 0.306 e. The molecule has 1 rings (SSSR count). The number of carbonyl (C=O) groups is 2. The molecule has 0 fully saturated rings. The highest BCUT2D eigenvalue weighted by Crippen LogP contribution is 2.22. The number of ether oxygens (including phenoxy) is 1. The number of halogens is 1. The van der Waals surface area contributed by atoms with Crippen LogP contribution in [0.4, 0.5) is 0 Å². The van der Waals surface area contributed by atoms with Crippen molar-refractivity contribution in [2.24, 2.45) is 5.14 Å². The van der Waals surface area contributed by atoms with E-state index in [9.17, 15) is 18.0 Å². The third-order valence-corrected chi connectivity index (χ3v) is 3.88. The number of hydrogen-bond donors (Lipinski definition) is 1. The van der Waals surface area contributed by atoms with Crippen LogP contribution in [-0.2, 0) is 19.6 Å². The first-order chi connectivity index (χ1) is 9.61. The van der Waals surface area contributed by atoms with Crippen LogP contribution in [0.3, 0.4) is 0 Å². The molecule has 1 aromatic rings. The van der Waals surface area contributed by atoms with Crippen LogP contribution in [0.1, 0.15) is 37.0 Å². The van der Waals surface area contributed by atoms with Gasteiger partial charge in [0.15, 0.2) is 5.78 Å². The van der Waals surface area contributed by atoms with Gasteiger partial charge >= 0.3 is 5.97 Å². The molecule has 0 aromatic heterocycles. The number of primary sulfonamides is 1. The fourth-order valence-electron chi connectivity index (χ4n) is 1.58. The molecule has 0 saturated carbocycles. The molecule has 0 amide bonds. The number of Topliss-reactive ketones (excluding diaryl/α,β-unsaturated/α-hetero) is 1. The number of nitrogens with two attached hydrogens (primary N) is 1. The number of ketones is 1. The van der Waals surface area contributed by atoms with Gasteiger partial charge in [-0.05, 0) is 32.0 Å². The largest absolute Gasteiger partial charge is 0.463 e. The number of rotatable bonds is 6. The fraction of sp³-hybridized carbons (Fsp3) is 0.385. The van der Waals surface area contributed by atoms with Gasteiger partial charge in [-0.3, -0.25) is 9.59 Å². The first kappa shape index (κ1) is 17.6. The molecule has 0 unspecified atom stereocenters. The third kappa shape index (κ3) is 5.45. The van der Waals surface area contributed by atoms with Crippen molar-refractivity contribution < 1.29 is 22.7 Å². The van der Waals surface area contributed by atoms with E-state index in [2.05, 4.69) is 0 Å². The highest BCUT2D eigenvalue weighted by atomic mass is 35.5. The highest BCUT2D eigenvalue weighted by molar-refractivity contribution is 7.89. The van der Waals surface area contributed by atoms with Crippen LogP contribution in [-0.4, -0.2) is 26.3 Å². The van der Waals surface area contributed by atoms with E-state index in [0.29, 0.717) is 0 Å². The zero-order valence-corrected chi connectivity index (χ0v) is 13.2. The quantitative estimate of drug-likeness (QED) is 0.632. The van der Waals surface area contributed by atoms with Crippen molar-refractivity contribution in [3.05, 3.63) is 28.8 Å². The van der Waals surface area contributed by atoms with Crippen LogP contribution in [0.25, 0.3) is 0 Å². The van der Waals surface area contributed by atoms with Crippen LogP contribution in [0, 0.1) is 0 Å². The minimum Gasteiger partial charge on any atom is -0.463 e. The Morgan fingerprint density at radius 1 is 1.29 bits per heavy atom. The van der Waals surface area contributed by atoms with E-state index < -0.39 is 21.8 Å². The lowest BCUT2D eigenvalue weighted by Gasteiger charge is -2.08. The molecule has 0 spiro atoms. The maximum absolute atomic E-state index is 11.9. The van der Waals surface area contributed by atoms with Crippen LogP contribution < -0.4 is 5.14 Å². The molecule has 116 valence electrons.